The summed E-state index contributed by atoms with van der Waals surface area (Å²) >= 11 is 0. The molecule has 2 nitrogen and oxygen atoms in total. The molecule has 0 aliphatic heterocycles. The predicted octanol–water partition coefficient (Wildman–Crippen LogP) is 0.162. The number of ketones is 2. The molecule has 0 N–H and O–H groups in total. The largest absolute Gasteiger partial charge is 0.291 e. The summed E-state index contributed by atoms with van der Waals surface area (Å²) in [7, 11) is 0. The van der Waals surface area contributed by atoms with Crippen LogP contribution in [0.3, 0.4) is 0 Å². The van der Waals surface area contributed by atoms with Crippen molar-refractivity contribution >= 4 is 11.6 Å². The van der Waals surface area contributed by atoms with E-state index in [1.165, 1.54) is 13.8 Å². The number of carbonyl (C=O) groups excluding carboxylic acids is 2. The molecule has 0 fully saturated rings. The Hall–Kier alpha value is 0.275. The average Bonchev–Trinajstić information content (AvgIpc) is 1.36. The fraction of sp³-hybridized carbons (Fsp3) is 0.500. The first-order chi connectivity index (χ1) is 2.64. The van der Waals surface area contributed by atoms with Crippen LogP contribution in [0.1, 0.15) is 13.8 Å². The van der Waals surface area contributed by atoms with Crippen LogP contribution in [0, 0.1) is 0 Å². The van der Waals surface area contributed by atoms with Crippen LogP contribution in [-0.2, 0) is 37.3 Å². The molecule has 0 saturated carbocycles. The molecule has 36 valence electrons. The van der Waals surface area contributed by atoms with Gasteiger partial charge in [0.25, 0.3) is 0 Å². The number of hydrogen-bond donors (Lipinski definition) is 0. The van der Waals surface area contributed by atoms with Crippen LogP contribution in [-0.4, -0.2) is 11.6 Å². The van der Waals surface area contributed by atoms with Crippen molar-refractivity contribution in [1.82, 2.24) is 0 Å². The van der Waals surface area contributed by atoms with E-state index in [4.69, 9.17) is 0 Å². The van der Waals surface area contributed by atoms with Crippen LogP contribution in [0.5, 0.6) is 0 Å². The van der Waals surface area contributed by atoms with Crippen LogP contribution in [0.15, 0.2) is 0 Å². The molecular formula is C4H6HgO2. The zero-order chi connectivity index (χ0) is 5.15. The third kappa shape index (κ3) is 6.28. The van der Waals surface area contributed by atoms with Crippen molar-refractivity contribution in [3.05, 3.63) is 0 Å². The van der Waals surface area contributed by atoms with Gasteiger partial charge in [0.05, 0.1) is 0 Å². The van der Waals surface area contributed by atoms with Crippen molar-refractivity contribution in [3.63, 3.8) is 0 Å². The molecule has 7 heavy (non-hydrogen) atoms. The summed E-state index contributed by atoms with van der Waals surface area (Å²) in [5.74, 6) is -0.759. The Bertz CT molecular complexity index is 75.7. The number of Topliss-reactive ketones (excluding diaryl/α,β-unsaturated/α-hetero) is 2. The Labute approximate surface area is 62.8 Å². The van der Waals surface area contributed by atoms with Crippen molar-refractivity contribution in [1.29, 1.82) is 0 Å². The zero-order valence-electron chi connectivity index (χ0n) is 4.52. The van der Waals surface area contributed by atoms with Gasteiger partial charge in [-0.2, -0.15) is 0 Å². The van der Waals surface area contributed by atoms with Gasteiger partial charge in [-0.25, -0.2) is 0 Å². The summed E-state index contributed by atoms with van der Waals surface area (Å²) in [6.07, 6.45) is 0. The molecule has 3 heteroatoms. The Morgan fingerprint density at radius 3 is 1.14 bits per heavy atom. The van der Waals surface area contributed by atoms with Crippen molar-refractivity contribution in [2.24, 2.45) is 0 Å². The summed E-state index contributed by atoms with van der Waals surface area (Å²) in [6.45, 7) is 2.50. The summed E-state index contributed by atoms with van der Waals surface area (Å²) in [5, 5.41) is 0. The summed E-state index contributed by atoms with van der Waals surface area (Å²) in [5.41, 5.74) is 0. The topological polar surface area (TPSA) is 34.1 Å². The van der Waals surface area contributed by atoms with Crippen LogP contribution < -0.4 is 0 Å². The Kier molecular flexibility index (Phi) is 6.52. The fourth-order valence-corrected chi connectivity index (χ4v) is 0. The molecule has 0 radical (unpaired) electrons. The van der Waals surface area contributed by atoms with Crippen LogP contribution in [0.2, 0.25) is 0 Å². The molecule has 0 aliphatic carbocycles. The van der Waals surface area contributed by atoms with E-state index in [0.717, 1.165) is 0 Å². The van der Waals surface area contributed by atoms with Gasteiger partial charge in [-0.15, -0.1) is 0 Å². The maximum Gasteiger partial charge on any atom is 0.195 e. The van der Waals surface area contributed by atoms with Crippen LogP contribution in [0.25, 0.3) is 0 Å². The van der Waals surface area contributed by atoms with Crippen molar-refractivity contribution in [3.8, 4) is 0 Å². The molecule has 0 aromatic heterocycles. The monoisotopic (exact) mass is 288 g/mol. The van der Waals surface area contributed by atoms with Gasteiger partial charge < -0.3 is 0 Å². The minimum absolute atomic E-state index is 0. The Morgan fingerprint density at radius 2 is 1.14 bits per heavy atom. The first kappa shape index (κ1) is 10.3. The summed E-state index contributed by atoms with van der Waals surface area (Å²) < 4.78 is 0. The van der Waals surface area contributed by atoms with Crippen molar-refractivity contribution in [2.75, 3.05) is 0 Å². The molecular weight excluding hydrogens is 281 g/mol. The van der Waals surface area contributed by atoms with Gasteiger partial charge >= 0.3 is 0 Å². The molecule has 0 unspecified atom stereocenters. The number of hydrogen-bond acceptors (Lipinski definition) is 2. The molecule has 0 rings (SSSR count). The first-order valence-corrected chi connectivity index (χ1v) is 1.66. The molecule has 0 saturated heterocycles. The maximum absolute atomic E-state index is 9.79. The molecule has 0 heterocycles. The van der Waals surface area contributed by atoms with Gasteiger partial charge in [-0.05, 0) is 0 Å². The van der Waals surface area contributed by atoms with Gasteiger partial charge in [0, 0.05) is 41.5 Å². The van der Waals surface area contributed by atoms with E-state index in [-0.39, 0.29) is 39.2 Å². The minimum atomic E-state index is -0.380. The van der Waals surface area contributed by atoms with Gasteiger partial charge in [0.2, 0.25) is 0 Å². The molecule has 0 atom stereocenters. The van der Waals surface area contributed by atoms with E-state index in [0.29, 0.717) is 0 Å². The standard InChI is InChI=1S/C4H6O2.Hg/c1-3(5)4(2)6;/h1-2H3;. The van der Waals surface area contributed by atoms with Crippen molar-refractivity contribution < 1.29 is 37.3 Å². The molecule has 0 aromatic carbocycles. The molecule has 0 aliphatic rings. The second kappa shape index (κ2) is 4.43. The minimum Gasteiger partial charge on any atom is -0.291 e. The molecule has 0 aromatic rings. The third-order valence-electron chi connectivity index (χ3n) is 0.496. The molecule has 0 spiro atoms. The van der Waals surface area contributed by atoms with E-state index in [1.54, 1.807) is 0 Å². The van der Waals surface area contributed by atoms with E-state index >= 15 is 0 Å². The second-order valence-corrected chi connectivity index (χ2v) is 1.11. The smallest absolute Gasteiger partial charge is 0.195 e. The quantitative estimate of drug-likeness (QED) is 0.508. The average molecular weight is 287 g/mol. The van der Waals surface area contributed by atoms with E-state index in [2.05, 4.69) is 0 Å². The van der Waals surface area contributed by atoms with Crippen molar-refractivity contribution in [2.45, 2.75) is 13.8 Å². The van der Waals surface area contributed by atoms with Gasteiger partial charge in [0.15, 0.2) is 11.6 Å². The van der Waals surface area contributed by atoms with E-state index in [9.17, 15) is 9.59 Å². The van der Waals surface area contributed by atoms with E-state index in [1.807, 2.05) is 0 Å². The SMILES string of the molecule is CC(=O)C(C)=O.[Hg]. The third-order valence-corrected chi connectivity index (χ3v) is 0.496. The van der Waals surface area contributed by atoms with Gasteiger partial charge in [-0.1, -0.05) is 0 Å². The maximum atomic E-state index is 9.79. The van der Waals surface area contributed by atoms with Crippen LogP contribution >= 0.6 is 0 Å². The summed E-state index contributed by atoms with van der Waals surface area (Å²) in [6, 6.07) is 0. The summed E-state index contributed by atoms with van der Waals surface area (Å²) in [4.78, 5) is 19.6. The molecule has 0 bridgehead atoms. The second-order valence-electron chi connectivity index (χ2n) is 1.11. The first-order valence-electron chi connectivity index (χ1n) is 1.66. The Balaban J connectivity index is 0. The fourth-order valence-electron chi connectivity index (χ4n) is 0. The van der Waals surface area contributed by atoms with Crippen LogP contribution in [0.4, 0.5) is 0 Å². The van der Waals surface area contributed by atoms with E-state index < -0.39 is 0 Å². The Morgan fingerprint density at radius 1 is 1.00 bits per heavy atom. The molecule has 0 amide bonds. The van der Waals surface area contributed by atoms with Gasteiger partial charge in [0.1, 0.15) is 0 Å². The predicted molar refractivity (Wildman–Crippen MR) is 21.4 cm³/mol. The van der Waals surface area contributed by atoms with Gasteiger partial charge in [-0.3, -0.25) is 9.59 Å². The number of carbonyl (C=O) groups is 2. The number of rotatable bonds is 1. The normalized spacial score (nSPS) is 6.57. The zero-order valence-corrected chi connectivity index (χ0v) is 10.0.